The Morgan fingerprint density at radius 2 is 2.29 bits per heavy atom. The van der Waals surface area contributed by atoms with E-state index < -0.39 is 10.0 Å². The van der Waals surface area contributed by atoms with Crippen molar-refractivity contribution in [2.75, 3.05) is 12.3 Å². The van der Waals surface area contributed by atoms with Crippen molar-refractivity contribution in [2.45, 2.75) is 32.2 Å². The molecule has 0 aromatic heterocycles. The van der Waals surface area contributed by atoms with Gasteiger partial charge in [-0.2, -0.15) is 0 Å². The molecule has 0 spiro atoms. The lowest BCUT2D eigenvalue weighted by molar-refractivity contribution is -0.122. The largest absolute Gasteiger partial charge is 0.355 e. The molecule has 0 aliphatic carbocycles. The van der Waals surface area contributed by atoms with Gasteiger partial charge in [-0.3, -0.25) is 4.79 Å². The van der Waals surface area contributed by atoms with Gasteiger partial charge in [-0.15, -0.1) is 0 Å². The molecule has 2 N–H and O–H groups in total. The van der Waals surface area contributed by atoms with Gasteiger partial charge in [0, 0.05) is 19.0 Å². The van der Waals surface area contributed by atoms with Gasteiger partial charge in [-0.1, -0.05) is 6.92 Å². The Bertz CT molecular complexity index is 290. The minimum Gasteiger partial charge on any atom is -0.355 e. The monoisotopic (exact) mass is 220 g/mol. The van der Waals surface area contributed by atoms with Crippen molar-refractivity contribution < 1.29 is 13.2 Å². The number of nitrogens with one attached hydrogen (secondary N) is 2. The van der Waals surface area contributed by atoms with Crippen molar-refractivity contribution in [3.63, 3.8) is 0 Å². The minimum atomic E-state index is -3.15. The average Bonchev–Trinajstić information content (AvgIpc) is 2.08. The topological polar surface area (TPSA) is 75.3 Å². The zero-order valence-electron chi connectivity index (χ0n) is 8.25. The van der Waals surface area contributed by atoms with Gasteiger partial charge in [0.2, 0.25) is 15.9 Å². The molecule has 1 aliphatic heterocycles. The van der Waals surface area contributed by atoms with E-state index in [0.717, 1.165) is 0 Å². The summed E-state index contributed by atoms with van der Waals surface area (Å²) >= 11 is 0. The van der Waals surface area contributed by atoms with Gasteiger partial charge in [0.1, 0.15) is 0 Å². The van der Waals surface area contributed by atoms with Crippen LogP contribution in [0, 0.1) is 0 Å². The first-order valence-electron chi connectivity index (χ1n) is 4.80. The maximum absolute atomic E-state index is 11.4. The summed E-state index contributed by atoms with van der Waals surface area (Å²) in [5, 5.41) is 2.63. The van der Waals surface area contributed by atoms with Gasteiger partial charge < -0.3 is 5.32 Å². The zero-order chi connectivity index (χ0) is 10.6. The van der Waals surface area contributed by atoms with E-state index in [9.17, 15) is 13.2 Å². The highest BCUT2D eigenvalue weighted by atomic mass is 32.2. The van der Waals surface area contributed by atoms with Crippen LogP contribution in [0.15, 0.2) is 0 Å². The van der Waals surface area contributed by atoms with Gasteiger partial charge >= 0.3 is 0 Å². The van der Waals surface area contributed by atoms with E-state index in [4.69, 9.17) is 0 Å². The molecule has 1 fully saturated rings. The summed E-state index contributed by atoms with van der Waals surface area (Å²) in [6.45, 7) is 2.23. The molecule has 0 radical (unpaired) electrons. The summed E-state index contributed by atoms with van der Waals surface area (Å²) in [5.41, 5.74) is 0. The first kappa shape index (κ1) is 11.5. The Morgan fingerprint density at radius 3 is 2.79 bits per heavy atom. The second-order valence-corrected chi connectivity index (χ2v) is 5.35. The molecule has 1 atom stereocenters. The number of rotatable bonds is 4. The van der Waals surface area contributed by atoms with Crippen LogP contribution in [0.5, 0.6) is 0 Å². The molecule has 14 heavy (non-hydrogen) atoms. The van der Waals surface area contributed by atoms with Gasteiger partial charge in [0.25, 0.3) is 0 Å². The van der Waals surface area contributed by atoms with E-state index in [1.807, 2.05) is 6.92 Å². The molecule has 5 nitrogen and oxygen atoms in total. The lowest BCUT2D eigenvalue weighted by Crippen LogP contribution is -2.48. The van der Waals surface area contributed by atoms with Crippen molar-refractivity contribution >= 4 is 15.9 Å². The molecule has 0 saturated carbocycles. The molecule has 1 unspecified atom stereocenters. The quantitative estimate of drug-likeness (QED) is 0.676. The number of hydrogen-bond acceptors (Lipinski definition) is 3. The zero-order valence-corrected chi connectivity index (χ0v) is 9.06. The van der Waals surface area contributed by atoms with Crippen LogP contribution in [0.1, 0.15) is 26.2 Å². The highest BCUT2D eigenvalue weighted by Gasteiger charge is 2.21. The minimum absolute atomic E-state index is 0.00376. The van der Waals surface area contributed by atoms with E-state index in [-0.39, 0.29) is 17.7 Å². The number of hydrogen-bond donors (Lipinski definition) is 2. The van der Waals surface area contributed by atoms with Crippen molar-refractivity contribution in [3.05, 3.63) is 0 Å². The smallest absolute Gasteiger partial charge is 0.220 e. The fourth-order valence-corrected chi connectivity index (χ4v) is 2.78. The Kier molecular flexibility index (Phi) is 3.88. The number of amides is 1. The van der Waals surface area contributed by atoms with Crippen molar-refractivity contribution in [1.82, 2.24) is 10.0 Å². The third-order valence-electron chi connectivity index (χ3n) is 2.08. The van der Waals surface area contributed by atoms with Crippen LogP contribution >= 0.6 is 0 Å². The van der Waals surface area contributed by atoms with E-state index >= 15 is 0 Å². The lowest BCUT2D eigenvalue weighted by atomic mass is 10.1. The normalized spacial score (nSPS) is 23.2. The molecule has 1 aliphatic rings. The second-order valence-electron chi connectivity index (χ2n) is 3.48. The Balaban J connectivity index is 2.41. The predicted octanol–water partition coefficient (Wildman–Crippen LogP) is -0.406. The van der Waals surface area contributed by atoms with Crippen LogP contribution in [0.2, 0.25) is 0 Å². The lowest BCUT2D eigenvalue weighted by Gasteiger charge is -2.23. The molecular weight excluding hydrogens is 204 g/mol. The predicted molar refractivity (Wildman–Crippen MR) is 53.2 cm³/mol. The molecular formula is C8H16N2O3S. The summed E-state index contributed by atoms with van der Waals surface area (Å²) < 4.78 is 25.3. The Morgan fingerprint density at radius 1 is 1.57 bits per heavy atom. The molecule has 82 valence electrons. The van der Waals surface area contributed by atoms with E-state index in [2.05, 4.69) is 10.0 Å². The van der Waals surface area contributed by atoms with E-state index in [1.54, 1.807) is 0 Å². The number of sulfonamides is 1. The standard InChI is InChI=1S/C8H16N2O3S/c1-2-5-14(12,13)10-7-3-4-8(11)9-6-7/h7,10H,2-6H2,1H3,(H,9,11). The van der Waals surface area contributed by atoms with Gasteiger partial charge in [-0.25, -0.2) is 13.1 Å². The van der Waals surface area contributed by atoms with Crippen molar-refractivity contribution in [3.8, 4) is 0 Å². The summed E-state index contributed by atoms with van der Waals surface area (Å²) in [4.78, 5) is 10.8. The second kappa shape index (κ2) is 4.75. The maximum atomic E-state index is 11.4. The number of carbonyl (C=O) groups excluding carboxylic acids is 1. The highest BCUT2D eigenvalue weighted by molar-refractivity contribution is 7.89. The Hall–Kier alpha value is -0.620. The summed E-state index contributed by atoms with van der Waals surface area (Å²) in [6, 6.07) is -0.135. The maximum Gasteiger partial charge on any atom is 0.220 e. The van der Waals surface area contributed by atoms with Crippen LogP contribution in [0.4, 0.5) is 0 Å². The fourth-order valence-electron chi connectivity index (χ4n) is 1.41. The first-order valence-corrected chi connectivity index (χ1v) is 6.45. The molecule has 0 aromatic rings. The van der Waals surface area contributed by atoms with Crippen LogP contribution in [0.3, 0.4) is 0 Å². The molecule has 6 heteroatoms. The van der Waals surface area contributed by atoms with Crippen molar-refractivity contribution in [1.29, 1.82) is 0 Å². The SMILES string of the molecule is CCCS(=O)(=O)NC1CCC(=O)NC1. The van der Waals surface area contributed by atoms with Crippen molar-refractivity contribution in [2.24, 2.45) is 0 Å². The highest BCUT2D eigenvalue weighted by Crippen LogP contribution is 2.04. The van der Waals surface area contributed by atoms with Gasteiger partial charge in [0.05, 0.1) is 5.75 Å². The molecule has 0 aromatic carbocycles. The number of carbonyl (C=O) groups is 1. The summed E-state index contributed by atoms with van der Waals surface area (Å²) in [6.07, 6.45) is 1.60. The van der Waals surface area contributed by atoms with Gasteiger partial charge in [0.15, 0.2) is 0 Å². The fraction of sp³-hybridized carbons (Fsp3) is 0.875. The van der Waals surface area contributed by atoms with E-state index in [0.29, 0.717) is 25.8 Å². The van der Waals surface area contributed by atoms with E-state index in [1.165, 1.54) is 0 Å². The van der Waals surface area contributed by atoms with Crippen LogP contribution in [0.25, 0.3) is 0 Å². The summed E-state index contributed by atoms with van der Waals surface area (Å²) in [5.74, 6) is 0.146. The molecule has 0 bridgehead atoms. The average molecular weight is 220 g/mol. The van der Waals surface area contributed by atoms with Crippen LogP contribution < -0.4 is 10.0 Å². The molecule has 1 heterocycles. The molecule has 1 amide bonds. The van der Waals surface area contributed by atoms with Gasteiger partial charge in [-0.05, 0) is 12.8 Å². The van der Waals surface area contributed by atoms with Crippen LogP contribution in [-0.2, 0) is 14.8 Å². The first-order chi connectivity index (χ1) is 6.53. The van der Waals surface area contributed by atoms with Crippen LogP contribution in [-0.4, -0.2) is 32.7 Å². The third-order valence-corrected chi connectivity index (χ3v) is 3.72. The molecule has 1 saturated heterocycles. The molecule has 1 rings (SSSR count). The summed E-state index contributed by atoms with van der Waals surface area (Å²) in [7, 11) is -3.15. The number of piperidine rings is 1. The Labute approximate surface area is 84.3 Å². The third kappa shape index (κ3) is 3.63.